The average molecular weight is 385 g/mol. The number of nitrogens with zero attached hydrogens (tertiary/aromatic N) is 6. The van der Waals surface area contributed by atoms with Crippen LogP contribution in [0.2, 0.25) is 0 Å². The number of hydrogen-bond acceptors (Lipinski definition) is 10. The average Bonchev–Trinajstić information content (AvgIpc) is 3.41. The first kappa shape index (κ1) is 16.4. The van der Waals surface area contributed by atoms with Crippen molar-refractivity contribution in [3.05, 3.63) is 46.9 Å². The highest BCUT2D eigenvalue weighted by atomic mass is 32.1. The molecule has 0 atom stereocenters. The first-order valence-electron chi connectivity index (χ1n) is 7.45. The van der Waals surface area contributed by atoms with Gasteiger partial charge in [-0.15, -0.1) is 22.7 Å². The molecule has 0 aliphatic carbocycles. The van der Waals surface area contributed by atoms with E-state index in [2.05, 4.69) is 35.1 Å². The summed E-state index contributed by atoms with van der Waals surface area (Å²) in [6.45, 7) is 0.0985. The third kappa shape index (κ3) is 3.78. The number of aromatic nitrogens is 7. The van der Waals surface area contributed by atoms with Crippen LogP contribution in [0.5, 0.6) is 0 Å². The molecule has 26 heavy (non-hydrogen) atoms. The molecule has 4 rings (SSSR count). The van der Waals surface area contributed by atoms with Crippen molar-refractivity contribution in [1.82, 2.24) is 35.1 Å². The predicted molar refractivity (Wildman–Crippen MR) is 94.1 cm³/mol. The maximum atomic E-state index is 12.0. The van der Waals surface area contributed by atoms with Crippen LogP contribution < -0.4 is 0 Å². The minimum absolute atomic E-state index is 0.0867. The SMILES string of the molecule is O=C(Cc1csc(-c2ncn[nH]2)n1)OCc1csc(-c2ncccn2)n1. The van der Waals surface area contributed by atoms with Crippen LogP contribution in [-0.2, 0) is 22.6 Å². The van der Waals surface area contributed by atoms with Gasteiger partial charge in [-0.1, -0.05) is 0 Å². The van der Waals surface area contributed by atoms with E-state index >= 15 is 0 Å². The van der Waals surface area contributed by atoms with E-state index in [9.17, 15) is 4.79 Å². The number of hydrogen-bond donors (Lipinski definition) is 1. The van der Waals surface area contributed by atoms with Crippen LogP contribution in [0.1, 0.15) is 11.4 Å². The van der Waals surface area contributed by atoms with Gasteiger partial charge < -0.3 is 4.74 Å². The fraction of sp³-hybridized carbons (Fsp3) is 0.133. The van der Waals surface area contributed by atoms with E-state index in [1.54, 1.807) is 23.8 Å². The zero-order valence-electron chi connectivity index (χ0n) is 13.2. The molecule has 0 saturated carbocycles. The van der Waals surface area contributed by atoms with Crippen LogP contribution in [0.15, 0.2) is 35.5 Å². The van der Waals surface area contributed by atoms with Crippen molar-refractivity contribution >= 4 is 28.6 Å². The van der Waals surface area contributed by atoms with Crippen LogP contribution in [0.25, 0.3) is 21.7 Å². The molecule has 9 nitrogen and oxygen atoms in total. The van der Waals surface area contributed by atoms with E-state index in [1.165, 1.54) is 29.0 Å². The quantitative estimate of drug-likeness (QED) is 0.501. The highest BCUT2D eigenvalue weighted by Crippen LogP contribution is 2.21. The van der Waals surface area contributed by atoms with E-state index in [0.29, 0.717) is 33.1 Å². The highest BCUT2D eigenvalue weighted by Gasteiger charge is 2.13. The number of aromatic amines is 1. The molecule has 0 aromatic carbocycles. The lowest BCUT2D eigenvalue weighted by molar-refractivity contribution is -0.144. The first-order valence-corrected chi connectivity index (χ1v) is 9.21. The van der Waals surface area contributed by atoms with Crippen LogP contribution >= 0.6 is 22.7 Å². The van der Waals surface area contributed by atoms with Crippen molar-refractivity contribution in [2.45, 2.75) is 13.0 Å². The Bertz CT molecular complexity index is 998. The molecular formula is C15H11N7O2S2. The van der Waals surface area contributed by atoms with E-state index in [0.717, 1.165) is 0 Å². The lowest BCUT2D eigenvalue weighted by Crippen LogP contribution is -2.08. The van der Waals surface area contributed by atoms with Gasteiger partial charge in [0.2, 0.25) is 0 Å². The second-order valence-electron chi connectivity index (χ2n) is 5.03. The van der Waals surface area contributed by atoms with Gasteiger partial charge in [0.25, 0.3) is 0 Å². The van der Waals surface area contributed by atoms with E-state index in [-0.39, 0.29) is 19.0 Å². The Morgan fingerprint density at radius 3 is 2.62 bits per heavy atom. The minimum atomic E-state index is -0.370. The largest absolute Gasteiger partial charge is 0.459 e. The zero-order chi connectivity index (χ0) is 17.8. The summed E-state index contributed by atoms with van der Waals surface area (Å²) in [6.07, 6.45) is 4.81. The molecule has 0 aliphatic rings. The summed E-state index contributed by atoms with van der Waals surface area (Å²) < 4.78 is 5.27. The predicted octanol–water partition coefficient (Wildman–Crippen LogP) is 2.13. The van der Waals surface area contributed by atoms with E-state index in [1.807, 2.05) is 5.38 Å². The molecule has 0 amide bonds. The Kier molecular flexibility index (Phi) is 4.71. The second kappa shape index (κ2) is 7.45. The fourth-order valence-corrected chi connectivity index (χ4v) is 3.56. The fourth-order valence-electron chi connectivity index (χ4n) is 2.04. The van der Waals surface area contributed by atoms with Gasteiger partial charge in [-0.25, -0.2) is 24.9 Å². The summed E-state index contributed by atoms with van der Waals surface area (Å²) in [5, 5.41) is 11.5. The number of rotatable bonds is 6. The summed E-state index contributed by atoms with van der Waals surface area (Å²) in [7, 11) is 0. The van der Waals surface area contributed by atoms with Gasteiger partial charge in [0, 0.05) is 23.2 Å². The van der Waals surface area contributed by atoms with Gasteiger partial charge in [-0.2, -0.15) is 5.10 Å². The number of carbonyl (C=O) groups is 1. The van der Waals surface area contributed by atoms with E-state index in [4.69, 9.17) is 4.74 Å². The summed E-state index contributed by atoms with van der Waals surface area (Å²) in [5.41, 5.74) is 1.29. The maximum Gasteiger partial charge on any atom is 0.312 e. The topological polar surface area (TPSA) is 119 Å². The maximum absolute atomic E-state index is 12.0. The Labute approximate surface area is 155 Å². The summed E-state index contributed by atoms with van der Waals surface area (Å²) >= 11 is 2.79. The third-order valence-electron chi connectivity index (χ3n) is 3.18. The molecule has 4 aromatic rings. The molecule has 0 bridgehead atoms. The number of nitrogens with one attached hydrogen (secondary N) is 1. The Hall–Kier alpha value is -3.05. The van der Waals surface area contributed by atoms with Crippen molar-refractivity contribution in [3.8, 4) is 21.7 Å². The van der Waals surface area contributed by atoms with Crippen molar-refractivity contribution in [2.75, 3.05) is 0 Å². The van der Waals surface area contributed by atoms with Crippen LogP contribution in [-0.4, -0.2) is 41.1 Å². The standard InChI is InChI=1S/C15H11N7O2S2/c23-11(4-9-6-25-15(20-9)13-18-8-19-22-13)24-5-10-7-26-14(21-10)12-16-2-1-3-17-12/h1-3,6-8H,4-5H2,(H,18,19,22). The van der Waals surface area contributed by atoms with Crippen LogP contribution in [0, 0.1) is 0 Å². The molecular weight excluding hydrogens is 374 g/mol. The number of thiazole rings is 2. The summed E-state index contributed by atoms with van der Waals surface area (Å²) in [6, 6.07) is 1.74. The van der Waals surface area contributed by atoms with Crippen LogP contribution in [0.4, 0.5) is 0 Å². The second-order valence-corrected chi connectivity index (χ2v) is 6.75. The van der Waals surface area contributed by atoms with Crippen molar-refractivity contribution in [1.29, 1.82) is 0 Å². The zero-order valence-corrected chi connectivity index (χ0v) is 14.8. The van der Waals surface area contributed by atoms with Crippen molar-refractivity contribution in [3.63, 3.8) is 0 Å². The van der Waals surface area contributed by atoms with Gasteiger partial charge in [-0.3, -0.25) is 9.89 Å². The molecule has 0 fully saturated rings. The van der Waals surface area contributed by atoms with Crippen molar-refractivity contribution in [2.24, 2.45) is 0 Å². The smallest absolute Gasteiger partial charge is 0.312 e. The molecule has 4 aromatic heterocycles. The van der Waals surface area contributed by atoms with E-state index < -0.39 is 0 Å². The molecule has 130 valence electrons. The third-order valence-corrected chi connectivity index (χ3v) is 4.97. The molecule has 0 radical (unpaired) electrons. The van der Waals surface area contributed by atoms with Crippen LogP contribution in [0.3, 0.4) is 0 Å². The molecule has 0 spiro atoms. The molecule has 1 N–H and O–H groups in total. The molecule has 11 heteroatoms. The molecule has 4 heterocycles. The number of ether oxygens (including phenoxy) is 1. The Morgan fingerprint density at radius 2 is 1.81 bits per heavy atom. The number of H-pyrrole nitrogens is 1. The van der Waals surface area contributed by atoms with Crippen molar-refractivity contribution < 1.29 is 9.53 Å². The molecule has 0 aliphatic heterocycles. The highest BCUT2D eigenvalue weighted by molar-refractivity contribution is 7.13. The van der Waals surface area contributed by atoms with Gasteiger partial charge in [0.1, 0.15) is 12.9 Å². The lowest BCUT2D eigenvalue weighted by atomic mass is 10.3. The number of carbonyl (C=O) groups excluding carboxylic acids is 1. The minimum Gasteiger partial charge on any atom is -0.459 e. The molecule has 0 saturated heterocycles. The van der Waals surface area contributed by atoms with Gasteiger partial charge >= 0.3 is 5.97 Å². The monoisotopic (exact) mass is 385 g/mol. The first-order chi connectivity index (χ1) is 12.8. The van der Waals surface area contributed by atoms with Gasteiger partial charge in [0.15, 0.2) is 21.7 Å². The Morgan fingerprint density at radius 1 is 1.04 bits per heavy atom. The summed E-state index contributed by atoms with van der Waals surface area (Å²) in [4.78, 5) is 33.1. The van der Waals surface area contributed by atoms with Gasteiger partial charge in [0.05, 0.1) is 17.8 Å². The van der Waals surface area contributed by atoms with Gasteiger partial charge in [-0.05, 0) is 6.07 Å². The normalized spacial score (nSPS) is 10.8. The lowest BCUT2D eigenvalue weighted by Gasteiger charge is -2.01. The summed E-state index contributed by atoms with van der Waals surface area (Å²) in [5.74, 6) is 0.759. The molecule has 0 unspecified atom stereocenters. The Balaban J connectivity index is 1.32. The number of esters is 1.